The summed E-state index contributed by atoms with van der Waals surface area (Å²) in [6.07, 6.45) is 2.35. The molecule has 2 heterocycles. The summed E-state index contributed by atoms with van der Waals surface area (Å²) in [5.41, 5.74) is 7.57. The monoisotopic (exact) mass is 273 g/mol. The molecule has 2 aliphatic rings. The Morgan fingerprint density at radius 2 is 2.10 bits per heavy atom. The highest BCUT2D eigenvalue weighted by Gasteiger charge is 2.33. The van der Waals surface area contributed by atoms with Crippen LogP contribution in [0.3, 0.4) is 0 Å². The number of hydrogen-bond donors (Lipinski definition) is 2. The van der Waals surface area contributed by atoms with E-state index in [9.17, 15) is 9.59 Å². The molecule has 2 atom stereocenters. The Hall–Kier alpha value is -2.04. The average Bonchev–Trinajstić information content (AvgIpc) is 2.90. The van der Waals surface area contributed by atoms with Crippen molar-refractivity contribution in [2.45, 2.75) is 25.3 Å². The van der Waals surface area contributed by atoms with Gasteiger partial charge in [-0.25, -0.2) is 0 Å². The standard InChI is InChI=1S/C15H19N3O2/c16-14(19)11-5-3-7-18(9-11)15(20)13-8-10-4-1-2-6-12(10)17-13/h1-2,4,6,11,13,17H,3,5,7-9H2,(H2,16,19). The molecule has 1 saturated heterocycles. The molecule has 0 radical (unpaired) electrons. The summed E-state index contributed by atoms with van der Waals surface area (Å²) in [7, 11) is 0. The van der Waals surface area contributed by atoms with E-state index in [4.69, 9.17) is 5.73 Å². The number of hydrogen-bond acceptors (Lipinski definition) is 3. The number of likely N-dealkylation sites (tertiary alicyclic amines) is 1. The van der Waals surface area contributed by atoms with Gasteiger partial charge in [-0.05, 0) is 24.5 Å². The van der Waals surface area contributed by atoms with Gasteiger partial charge >= 0.3 is 0 Å². The van der Waals surface area contributed by atoms with Crippen molar-refractivity contribution < 1.29 is 9.59 Å². The van der Waals surface area contributed by atoms with Gasteiger partial charge in [0.05, 0.1) is 5.92 Å². The molecule has 1 aromatic rings. The van der Waals surface area contributed by atoms with Crippen LogP contribution in [0, 0.1) is 5.92 Å². The van der Waals surface area contributed by atoms with E-state index in [-0.39, 0.29) is 23.8 Å². The Morgan fingerprint density at radius 1 is 1.30 bits per heavy atom. The van der Waals surface area contributed by atoms with E-state index in [0.717, 1.165) is 25.1 Å². The lowest BCUT2D eigenvalue weighted by molar-refractivity contribution is -0.135. The first-order chi connectivity index (χ1) is 9.65. The second-order valence-corrected chi connectivity index (χ2v) is 5.58. The molecular weight excluding hydrogens is 254 g/mol. The molecular formula is C15H19N3O2. The Morgan fingerprint density at radius 3 is 2.85 bits per heavy atom. The van der Waals surface area contributed by atoms with Crippen LogP contribution >= 0.6 is 0 Å². The second-order valence-electron chi connectivity index (χ2n) is 5.58. The summed E-state index contributed by atoms with van der Waals surface area (Å²) < 4.78 is 0. The number of nitrogens with zero attached hydrogens (tertiary/aromatic N) is 1. The van der Waals surface area contributed by atoms with Crippen molar-refractivity contribution in [3.8, 4) is 0 Å². The molecule has 0 bridgehead atoms. The van der Waals surface area contributed by atoms with Crippen LogP contribution in [-0.4, -0.2) is 35.8 Å². The molecule has 5 nitrogen and oxygen atoms in total. The minimum atomic E-state index is -0.301. The van der Waals surface area contributed by atoms with Gasteiger partial charge in [-0.3, -0.25) is 9.59 Å². The summed E-state index contributed by atoms with van der Waals surface area (Å²) >= 11 is 0. The van der Waals surface area contributed by atoms with Crippen molar-refractivity contribution in [3.63, 3.8) is 0 Å². The number of nitrogens with two attached hydrogens (primary N) is 1. The number of amides is 2. The smallest absolute Gasteiger partial charge is 0.245 e. The fourth-order valence-electron chi connectivity index (χ4n) is 3.08. The number of benzene rings is 1. The van der Waals surface area contributed by atoms with Crippen LogP contribution in [0.2, 0.25) is 0 Å². The summed E-state index contributed by atoms with van der Waals surface area (Å²) in [5.74, 6) is -0.422. The third-order valence-electron chi connectivity index (χ3n) is 4.20. The fraction of sp³-hybridized carbons (Fsp3) is 0.467. The van der Waals surface area contributed by atoms with E-state index in [0.29, 0.717) is 13.0 Å². The fourth-order valence-corrected chi connectivity index (χ4v) is 3.08. The lowest BCUT2D eigenvalue weighted by Gasteiger charge is -2.33. The molecule has 3 N–H and O–H groups in total. The molecule has 3 rings (SSSR count). The lowest BCUT2D eigenvalue weighted by atomic mass is 9.96. The van der Waals surface area contributed by atoms with Crippen molar-refractivity contribution in [1.29, 1.82) is 0 Å². The largest absolute Gasteiger partial charge is 0.373 e. The third kappa shape index (κ3) is 2.35. The van der Waals surface area contributed by atoms with Crippen LogP contribution in [0.25, 0.3) is 0 Å². The van der Waals surface area contributed by atoms with E-state index in [1.807, 2.05) is 24.3 Å². The number of anilines is 1. The number of fused-ring (bicyclic) bond motifs is 1. The van der Waals surface area contributed by atoms with Crippen LogP contribution in [0.4, 0.5) is 5.69 Å². The van der Waals surface area contributed by atoms with Crippen molar-refractivity contribution >= 4 is 17.5 Å². The lowest BCUT2D eigenvalue weighted by Crippen LogP contribution is -2.49. The van der Waals surface area contributed by atoms with Crippen molar-refractivity contribution in [2.24, 2.45) is 11.7 Å². The van der Waals surface area contributed by atoms with Crippen LogP contribution < -0.4 is 11.1 Å². The van der Waals surface area contributed by atoms with Crippen molar-refractivity contribution in [3.05, 3.63) is 29.8 Å². The maximum atomic E-state index is 12.5. The number of carbonyl (C=O) groups is 2. The van der Waals surface area contributed by atoms with Gasteiger partial charge in [0.2, 0.25) is 11.8 Å². The van der Waals surface area contributed by atoms with Gasteiger partial charge in [-0.15, -0.1) is 0 Å². The molecule has 1 fully saturated rings. The zero-order chi connectivity index (χ0) is 14.1. The zero-order valence-corrected chi connectivity index (χ0v) is 11.3. The first kappa shape index (κ1) is 13.0. The van der Waals surface area contributed by atoms with Gasteiger partial charge in [-0.2, -0.15) is 0 Å². The topological polar surface area (TPSA) is 75.4 Å². The SMILES string of the molecule is NC(=O)C1CCCN(C(=O)C2Cc3ccccc3N2)C1. The van der Waals surface area contributed by atoms with Gasteiger partial charge in [0.25, 0.3) is 0 Å². The number of rotatable bonds is 2. The minimum absolute atomic E-state index is 0.0761. The number of primary amides is 1. The van der Waals surface area contributed by atoms with Crippen molar-refractivity contribution in [1.82, 2.24) is 4.90 Å². The summed E-state index contributed by atoms with van der Waals surface area (Å²) in [4.78, 5) is 25.6. The highest BCUT2D eigenvalue weighted by Crippen LogP contribution is 2.27. The van der Waals surface area contributed by atoms with E-state index < -0.39 is 0 Å². The molecule has 2 unspecified atom stereocenters. The zero-order valence-electron chi connectivity index (χ0n) is 11.3. The number of piperidine rings is 1. The Kier molecular flexibility index (Phi) is 3.34. The van der Waals surface area contributed by atoms with Gasteiger partial charge < -0.3 is 16.0 Å². The molecule has 1 aromatic carbocycles. The van der Waals surface area contributed by atoms with Gasteiger partial charge in [0.15, 0.2) is 0 Å². The van der Waals surface area contributed by atoms with Crippen LogP contribution in [0.15, 0.2) is 24.3 Å². The molecule has 0 spiro atoms. The Balaban J connectivity index is 1.67. The highest BCUT2D eigenvalue weighted by atomic mass is 16.2. The molecule has 2 amide bonds. The summed E-state index contributed by atoms with van der Waals surface area (Å²) in [6.45, 7) is 1.18. The molecule has 0 aromatic heterocycles. The van der Waals surface area contributed by atoms with Crippen LogP contribution in [-0.2, 0) is 16.0 Å². The average molecular weight is 273 g/mol. The van der Waals surface area contributed by atoms with Crippen LogP contribution in [0.1, 0.15) is 18.4 Å². The van der Waals surface area contributed by atoms with E-state index in [1.165, 1.54) is 5.56 Å². The van der Waals surface area contributed by atoms with Crippen LogP contribution in [0.5, 0.6) is 0 Å². The van der Waals surface area contributed by atoms with Gasteiger partial charge in [-0.1, -0.05) is 18.2 Å². The molecule has 2 aliphatic heterocycles. The van der Waals surface area contributed by atoms with E-state index >= 15 is 0 Å². The normalized spacial score (nSPS) is 24.9. The minimum Gasteiger partial charge on any atom is -0.373 e. The predicted molar refractivity (Wildman–Crippen MR) is 76.1 cm³/mol. The maximum absolute atomic E-state index is 12.5. The molecule has 5 heteroatoms. The van der Waals surface area contributed by atoms with Gasteiger partial charge in [0.1, 0.15) is 6.04 Å². The maximum Gasteiger partial charge on any atom is 0.245 e. The summed E-state index contributed by atoms with van der Waals surface area (Å²) in [5, 5.41) is 3.27. The Labute approximate surface area is 118 Å². The number of para-hydroxylation sites is 1. The molecule has 0 aliphatic carbocycles. The Bertz CT molecular complexity index is 519. The number of nitrogens with one attached hydrogen (secondary N) is 1. The van der Waals surface area contributed by atoms with E-state index in [2.05, 4.69) is 5.32 Å². The first-order valence-corrected chi connectivity index (χ1v) is 7.07. The van der Waals surface area contributed by atoms with Crippen molar-refractivity contribution in [2.75, 3.05) is 18.4 Å². The van der Waals surface area contributed by atoms with Gasteiger partial charge in [0, 0.05) is 25.2 Å². The highest BCUT2D eigenvalue weighted by molar-refractivity contribution is 5.88. The molecule has 0 saturated carbocycles. The molecule has 20 heavy (non-hydrogen) atoms. The number of carbonyl (C=O) groups excluding carboxylic acids is 2. The summed E-state index contributed by atoms with van der Waals surface area (Å²) in [6, 6.07) is 7.77. The predicted octanol–water partition coefficient (Wildman–Crippen LogP) is 0.747. The molecule has 106 valence electrons. The quantitative estimate of drug-likeness (QED) is 0.835. The third-order valence-corrected chi connectivity index (χ3v) is 4.20. The first-order valence-electron chi connectivity index (χ1n) is 7.07. The van der Waals surface area contributed by atoms with E-state index in [1.54, 1.807) is 4.90 Å². The second kappa shape index (κ2) is 5.15.